The van der Waals surface area contributed by atoms with Crippen LogP contribution in [0, 0.1) is 17.9 Å². The second-order valence-corrected chi connectivity index (χ2v) is 10.7. The highest BCUT2D eigenvalue weighted by molar-refractivity contribution is 7.98. The molecular weight excluding hydrogens is 568 g/mol. The SMILES string of the molecule is [C-]#[N+]c1c(N)nc(SCc2csc(-c3ccc(Cl)cc3)n2)c(C#N)c1-c1ccc(OCCOC(=O)[C@@H](C)N)cc1. The van der Waals surface area contributed by atoms with Crippen molar-refractivity contribution < 1.29 is 14.3 Å². The summed E-state index contributed by atoms with van der Waals surface area (Å²) in [6, 6.07) is 15.9. The molecule has 0 saturated carbocycles. The third-order valence-corrected chi connectivity index (χ3v) is 7.70. The van der Waals surface area contributed by atoms with Crippen LogP contribution in [0.3, 0.4) is 0 Å². The lowest BCUT2D eigenvalue weighted by Crippen LogP contribution is -2.29. The van der Waals surface area contributed by atoms with Gasteiger partial charge in [0, 0.05) is 27.3 Å². The van der Waals surface area contributed by atoms with Crippen LogP contribution >= 0.6 is 34.7 Å². The summed E-state index contributed by atoms with van der Waals surface area (Å²) in [6.07, 6.45) is 0. The van der Waals surface area contributed by atoms with Gasteiger partial charge < -0.3 is 20.9 Å². The quantitative estimate of drug-likeness (QED) is 0.0970. The third kappa shape index (κ3) is 6.89. The Bertz CT molecular complexity index is 1590. The molecule has 12 heteroatoms. The number of rotatable bonds is 10. The van der Waals surface area contributed by atoms with Gasteiger partial charge in [-0.15, -0.1) is 11.3 Å². The number of halogens is 1. The van der Waals surface area contributed by atoms with Crippen molar-refractivity contribution in [2.45, 2.75) is 23.7 Å². The molecule has 0 saturated heterocycles. The number of pyridine rings is 1. The Labute approximate surface area is 244 Å². The lowest BCUT2D eigenvalue weighted by molar-refractivity contribution is -0.145. The molecule has 0 unspecified atom stereocenters. The number of hydrogen-bond acceptors (Lipinski definition) is 10. The molecule has 2 aromatic carbocycles. The fraction of sp³-hybridized carbons (Fsp3) is 0.179. The summed E-state index contributed by atoms with van der Waals surface area (Å²) >= 11 is 8.83. The van der Waals surface area contributed by atoms with E-state index < -0.39 is 12.0 Å². The van der Waals surface area contributed by atoms with Crippen LogP contribution in [0.5, 0.6) is 5.75 Å². The van der Waals surface area contributed by atoms with Crippen molar-refractivity contribution in [3.8, 4) is 33.5 Å². The Kier molecular flexibility index (Phi) is 9.59. The first kappa shape index (κ1) is 28.9. The van der Waals surface area contributed by atoms with Gasteiger partial charge in [-0.25, -0.2) is 14.8 Å². The number of carbonyl (C=O) groups excluding carboxylic acids is 1. The maximum absolute atomic E-state index is 11.5. The number of hydrogen-bond donors (Lipinski definition) is 2. The van der Waals surface area contributed by atoms with Crippen molar-refractivity contribution in [1.29, 1.82) is 5.26 Å². The molecule has 2 aromatic heterocycles. The molecule has 0 fully saturated rings. The zero-order valence-electron chi connectivity index (χ0n) is 21.3. The van der Waals surface area contributed by atoms with Crippen molar-refractivity contribution in [3.63, 3.8) is 0 Å². The molecule has 0 aliphatic rings. The van der Waals surface area contributed by atoms with E-state index in [0.29, 0.717) is 32.7 Å². The van der Waals surface area contributed by atoms with E-state index >= 15 is 0 Å². The maximum Gasteiger partial charge on any atom is 0.322 e. The molecule has 2 heterocycles. The van der Waals surface area contributed by atoms with Crippen molar-refractivity contribution in [1.82, 2.24) is 9.97 Å². The number of esters is 1. The van der Waals surface area contributed by atoms with Gasteiger partial charge in [0.1, 0.15) is 46.9 Å². The highest BCUT2D eigenvalue weighted by atomic mass is 35.5. The minimum absolute atomic E-state index is 0.0444. The number of nitrogen functional groups attached to an aromatic ring is 1. The number of thiazole rings is 1. The predicted octanol–water partition coefficient (Wildman–Crippen LogP) is 6.09. The number of nitrogens with two attached hydrogens (primary N) is 2. The van der Waals surface area contributed by atoms with Crippen molar-refractivity contribution >= 4 is 52.2 Å². The fourth-order valence-electron chi connectivity index (χ4n) is 3.57. The van der Waals surface area contributed by atoms with Gasteiger partial charge in [0.15, 0.2) is 0 Å². The monoisotopic (exact) mass is 590 g/mol. The highest BCUT2D eigenvalue weighted by Gasteiger charge is 2.21. The molecule has 0 aliphatic heterocycles. The summed E-state index contributed by atoms with van der Waals surface area (Å²) in [6.45, 7) is 9.42. The molecule has 40 heavy (non-hydrogen) atoms. The lowest BCUT2D eigenvalue weighted by Gasteiger charge is -2.14. The van der Waals surface area contributed by atoms with E-state index in [0.717, 1.165) is 16.3 Å². The molecule has 0 amide bonds. The Balaban J connectivity index is 1.52. The average Bonchev–Trinajstić information content (AvgIpc) is 3.43. The topological polar surface area (TPSA) is 142 Å². The molecule has 0 radical (unpaired) electrons. The van der Waals surface area contributed by atoms with Gasteiger partial charge in [-0.05, 0) is 36.8 Å². The number of aromatic nitrogens is 2. The molecule has 4 rings (SSSR count). The van der Waals surface area contributed by atoms with E-state index in [1.165, 1.54) is 23.1 Å². The summed E-state index contributed by atoms with van der Waals surface area (Å²) in [5, 5.41) is 14.0. The molecule has 9 nitrogen and oxygen atoms in total. The van der Waals surface area contributed by atoms with Crippen LogP contribution < -0.4 is 16.2 Å². The van der Waals surface area contributed by atoms with Crippen LogP contribution in [0.2, 0.25) is 5.02 Å². The summed E-state index contributed by atoms with van der Waals surface area (Å²) in [7, 11) is 0. The third-order valence-electron chi connectivity index (χ3n) is 5.50. The molecule has 4 N–H and O–H groups in total. The molecule has 0 aliphatic carbocycles. The van der Waals surface area contributed by atoms with E-state index in [2.05, 4.69) is 15.9 Å². The van der Waals surface area contributed by atoms with Gasteiger partial charge in [0.2, 0.25) is 5.69 Å². The normalized spacial score (nSPS) is 11.3. The minimum Gasteiger partial charge on any atom is -0.490 e. The van der Waals surface area contributed by atoms with Gasteiger partial charge in [-0.1, -0.05) is 47.6 Å². The fourth-order valence-corrected chi connectivity index (χ4v) is 5.51. The molecule has 1 atom stereocenters. The first-order chi connectivity index (χ1) is 19.3. The van der Waals surface area contributed by atoms with Crippen LogP contribution in [-0.4, -0.2) is 35.2 Å². The molecule has 0 spiro atoms. The van der Waals surface area contributed by atoms with Crippen molar-refractivity contribution in [2.75, 3.05) is 18.9 Å². The first-order valence-electron chi connectivity index (χ1n) is 11.9. The van der Waals surface area contributed by atoms with E-state index in [1.54, 1.807) is 31.2 Å². The number of ether oxygens (including phenoxy) is 2. The van der Waals surface area contributed by atoms with Crippen LogP contribution in [0.4, 0.5) is 11.5 Å². The molecule has 0 bridgehead atoms. The number of thioether (sulfide) groups is 1. The smallest absolute Gasteiger partial charge is 0.322 e. The minimum atomic E-state index is -0.700. The van der Waals surface area contributed by atoms with Gasteiger partial charge in [-0.3, -0.25) is 4.79 Å². The van der Waals surface area contributed by atoms with E-state index in [1.807, 2.05) is 29.6 Å². The number of nitriles is 1. The summed E-state index contributed by atoms with van der Waals surface area (Å²) in [5.74, 6) is 0.529. The largest absolute Gasteiger partial charge is 0.490 e. The predicted molar refractivity (Wildman–Crippen MR) is 157 cm³/mol. The van der Waals surface area contributed by atoms with Crippen LogP contribution in [-0.2, 0) is 15.3 Å². The van der Waals surface area contributed by atoms with Gasteiger partial charge in [0.25, 0.3) is 0 Å². The second kappa shape index (κ2) is 13.3. The van der Waals surface area contributed by atoms with Gasteiger partial charge >= 0.3 is 5.97 Å². The van der Waals surface area contributed by atoms with Gasteiger partial charge in [0.05, 0.1) is 17.8 Å². The van der Waals surface area contributed by atoms with E-state index in [-0.39, 0.29) is 30.3 Å². The number of anilines is 1. The lowest BCUT2D eigenvalue weighted by atomic mass is 10.00. The summed E-state index contributed by atoms with van der Waals surface area (Å²) in [4.78, 5) is 24.1. The summed E-state index contributed by atoms with van der Waals surface area (Å²) in [5.41, 5.74) is 14.8. The highest BCUT2D eigenvalue weighted by Crippen LogP contribution is 2.42. The van der Waals surface area contributed by atoms with Gasteiger partial charge in [-0.2, -0.15) is 5.26 Å². The maximum atomic E-state index is 11.5. The standard InChI is InChI=1S/C28H23ClN6O3S2/c1-16(31)28(36)38-12-11-37-21-9-5-17(6-10-21)23-22(13-30)27(35-25(32)24(23)33-2)40-15-20-14-39-26(34-20)18-3-7-19(29)8-4-18/h3-10,14,16H,11-12,15,31H2,1H3,(H2,32,35)/t16-/m1/s1. The Hall–Kier alpha value is -4.13. The second-order valence-electron chi connectivity index (χ2n) is 8.39. The Morgan fingerprint density at radius 2 is 1.88 bits per heavy atom. The number of nitrogens with zero attached hydrogens (tertiary/aromatic N) is 4. The average molecular weight is 591 g/mol. The molecule has 4 aromatic rings. The van der Waals surface area contributed by atoms with E-state index in [9.17, 15) is 10.1 Å². The number of carbonyl (C=O) groups is 1. The number of benzene rings is 2. The molecule has 202 valence electrons. The Morgan fingerprint density at radius 1 is 1.18 bits per heavy atom. The van der Waals surface area contributed by atoms with Crippen LogP contribution in [0.1, 0.15) is 18.2 Å². The van der Waals surface area contributed by atoms with Crippen LogP contribution in [0.15, 0.2) is 58.9 Å². The zero-order valence-corrected chi connectivity index (χ0v) is 23.6. The van der Waals surface area contributed by atoms with Crippen molar-refractivity contribution in [3.05, 3.63) is 81.6 Å². The molecular formula is C28H23ClN6O3S2. The Morgan fingerprint density at radius 3 is 2.52 bits per heavy atom. The van der Waals surface area contributed by atoms with Crippen molar-refractivity contribution in [2.24, 2.45) is 5.73 Å². The van der Waals surface area contributed by atoms with Crippen LogP contribution in [0.25, 0.3) is 26.5 Å². The van der Waals surface area contributed by atoms with E-state index in [4.69, 9.17) is 44.1 Å². The first-order valence-corrected chi connectivity index (χ1v) is 14.1. The summed E-state index contributed by atoms with van der Waals surface area (Å²) < 4.78 is 10.6. The zero-order chi connectivity index (χ0) is 28.6.